The second-order valence-electron chi connectivity index (χ2n) is 6.56. The van der Waals surface area contributed by atoms with Crippen LogP contribution in [-0.2, 0) is 5.75 Å². The molecule has 0 radical (unpaired) electrons. The van der Waals surface area contributed by atoms with E-state index in [2.05, 4.69) is 46.6 Å². The van der Waals surface area contributed by atoms with Crippen molar-refractivity contribution >= 4 is 17.4 Å². The lowest BCUT2D eigenvalue weighted by molar-refractivity contribution is 0.884. The van der Waals surface area contributed by atoms with E-state index in [1.807, 2.05) is 25.3 Å². The van der Waals surface area contributed by atoms with Crippen LogP contribution in [0.25, 0.3) is 11.3 Å². The molecule has 4 aromatic rings. The number of hydrogen-bond acceptors (Lipinski definition) is 4. The Morgan fingerprint density at radius 1 is 1.04 bits per heavy atom. The van der Waals surface area contributed by atoms with E-state index in [4.69, 9.17) is 0 Å². The van der Waals surface area contributed by atoms with Crippen LogP contribution in [-0.4, -0.2) is 18.9 Å². The zero-order valence-corrected chi connectivity index (χ0v) is 16.3. The largest absolute Gasteiger partial charge is 0.295 e. The maximum absolute atomic E-state index is 12.4. The first-order valence-electron chi connectivity index (χ1n) is 8.75. The normalized spacial score (nSPS) is 11.2. The highest BCUT2D eigenvalue weighted by molar-refractivity contribution is 7.98. The molecule has 0 fully saturated rings. The Hall–Kier alpha value is -2.86. The van der Waals surface area contributed by atoms with Crippen molar-refractivity contribution in [2.24, 2.45) is 0 Å². The summed E-state index contributed by atoms with van der Waals surface area (Å²) in [5, 5.41) is 0.885. The van der Waals surface area contributed by atoms with Crippen LogP contribution in [0.3, 0.4) is 0 Å². The molecule has 3 aromatic heterocycles. The van der Waals surface area contributed by atoms with Gasteiger partial charge in [0.15, 0.2) is 5.16 Å². The standard InChI is InChI=1S/C21H20N4OS/c1-14-6-4-8-18(16(14)3)24-11-9-22-21(24)27-13-17-12-19(26)25-10-5-7-15(2)20(25)23-17/h4-12H,13H2,1-3H3. The van der Waals surface area contributed by atoms with Gasteiger partial charge in [-0.15, -0.1) is 0 Å². The molecule has 1 aromatic carbocycles. The molecule has 0 saturated heterocycles. The Labute approximate surface area is 161 Å². The summed E-state index contributed by atoms with van der Waals surface area (Å²) < 4.78 is 3.67. The number of aromatic nitrogens is 4. The third-order valence-electron chi connectivity index (χ3n) is 4.73. The molecule has 3 heterocycles. The van der Waals surface area contributed by atoms with Crippen LogP contribution >= 0.6 is 11.8 Å². The molecule has 0 aliphatic heterocycles. The predicted octanol–water partition coefficient (Wildman–Crippen LogP) is 4.10. The zero-order valence-electron chi connectivity index (χ0n) is 15.5. The van der Waals surface area contributed by atoms with Gasteiger partial charge in [-0.2, -0.15) is 0 Å². The van der Waals surface area contributed by atoms with Crippen molar-refractivity contribution in [1.82, 2.24) is 18.9 Å². The van der Waals surface area contributed by atoms with Gasteiger partial charge in [0.05, 0.1) is 11.4 Å². The Kier molecular flexibility index (Phi) is 4.58. The fraction of sp³-hybridized carbons (Fsp3) is 0.190. The molecule has 5 nitrogen and oxygen atoms in total. The number of fused-ring (bicyclic) bond motifs is 1. The van der Waals surface area contributed by atoms with Gasteiger partial charge in [0, 0.05) is 30.4 Å². The molecule has 0 N–H and O–H groups in total. The van der Waals surface area contributed by atoms with E-state index >= 15 is 0 Å². The molecule has 136 valence electrons. The van der Waals surface area contributed by atoms with Crippen LogP contribution < -0.4 is 5.56 Å². The molecule has 0 atom stereocenters. The highest BCUT2D eigenvalue weighted by atomic mass is 32.2. The lowest BCUT2D eigenvalue weighted by atomic mass is 10.1. The number of nitrogens with zero attached hydrogens (tertiary/aromatic N) is 4. The SMILES string of the molecule is Cc1cccc(-n2ccnc2SCc2cc(=O)n3cccc(C)c3n2)c1C. The minimum Gasteiger partial charge on any atom is -0.295 e. The summed E-state index contributed by atoms with van der Waals surface area (Å²) in [6.07, 6.45) is 5.52. The van der Waals surface area contributed by atoms with Crippen molar-refractivity contribution in [2.75, 3.05) is 0 Å². The smallest absolute Gasteiger partial charge is 0.258 e. The van der Waals surface area contributed by atoms with E-state index in [9.17, 15) is 4.79 Å². The van der Waals surface area contributed by atoms with Crippen LogP contribution in [0.15, 0.2) is 64.9 Å². The number of pyridine rings is 1. The van der Waals surface area contributed by atoms with Crippen LogP contribution in [0, 0.1) is 20.8 Å². The summed E-state index contributed by atoms with van der Waals surface area (Å²) in [5.41, 5.74) is 5.99. The molecule has 0 aliphatic carbocycles. The highest BCUT2D eigenvalue weighted by Crippen LogP contribution is 2.26. The lowest BCUT2D eigenvalue weighted by Gasteiger charge is -2.12. The summed E-state index contributed by atoms with van der Waals surface area (Å²) in [4.78, 5) is 21.5. The molecule has 0 saturated carbocycles. The third-order valence-corrected chi connectivity index (χ3v) is 5.73. The van der Waals surface area contributed by atoms with Gasteiger partial charge in [0.2, 0.25) is 0 Å². The molecule has 6 heteroatoms. The first-order valence-corrected chi connectivity index (χ1v) is 9.74. The topological polar surface area (TPSA) is 52.2 Å². The lowest BCUT2D eigenvalue weighted by Crippen LogP contribution is -2.15. The Morgan fingerprint density at radius 2 is 1.85 bits per heavy atom. The maximum Gasteiger partial charge on any atom is 0.258 e. The predicted molar refractivity (Wildman–Crippen MR) is 109 cm³/mol. The number of benzene rings is 1. The molecule has 0 aliphatic rings. The Bertz CT molecular complexity index is 1190. The van der Waals surface area contributed by atoms with Crippen LogP contribution in [0.4, 0.5) is 0 Å². The van der Waals surface area contributed by atoms with Crippen LogP contribution in [0.5, 0.6) is 0 Å². The van der Waals surface area contributed by atoms with E-state index in [-0.39, 0.29) is 5.56 Å². The van der Waals surface area contributed by atoms with Gasteiger partial charge in [-0.25, -0.2) is 9.97 Å². The zero-order chi connectivity index (χ0) is 19.0. The van der Waals surface area contributed by atoms with Crippen LogP contribution in [0.2, 0.25) is 0 Å². The van der Waals surface area contributed by atoms with Crippen molar-refractivity contribution in [2.45, 2.75) is 31.7 Å². The number of rotatable bonds is 4. The van der Waals surface area contributed by atoms with Gasteiger partial charge in [0.25, 0.3) is 5.56 Å². The number of aryl methyl sites for hydroxylation is 2. The second kappa shape index (κ2) is 7.04. The van der Waals surface area contributed by atoms with Gasteiger partial charge in [-0.05, 0) is 49.6 Å². The number of hydrogen-bond donors (Lipinski definition) is 0. The molecular formula is C21H20N4OS. The second-order valence-corrected chi connectivity index (χ2v) is 7.50. The minimum absolute atomic E-state index is 0.0582. The first-order chi connectivity index (χ1) is 13.0. The molecule has 4 rings (SSSR count). The summed E-state index contributed by atoms with van der Waals surface area (Å²) >= 11 is 1.58. The van der Waals surface area contributed by atoms with Gasteiger partial charge in [-0.1, -0.05) is 30.0 Å². The van der Waals surface area contributed by atoms with Gasteiger partial charge in [0.1, 0.15) is 5.65 Å². The van der Waals surface area contributed by atoms with Gasteiger partial charge < -0.3 is 0 Å². The van der Waals surface area contributed by atoms with Crippen molar-refractivity contribution < 1.29 is 0 Å². The average molecular weight is 376 g/mol. The molecule has 0 spiro atoms. The summed E-state index contributed by atoms with van der Waals surface area (Å²) in [7, 11) is 0. The summed E-state index contributed by atoms with van der Waals surface area (Å²) in [6.45, 7) is 6.19. The van der Waals surface area contributed by atoms with E-state index < -0.39 is 0 Å². The van der Waals surface area contributed by atoms with Gasteiger partial charge >= 0.3 is 0 Å². The molecule has 0 unspecified atom stereocenters. The summed E-state index contributed by atoms with van der Waals surface area (Å²) in [6, 6.07) is 11.7. The number of imidazole rings is 1. The average Bonchev–Trinajstić information content (AvgIpc) is 3.11. The van der Waals surface area contributed by atoms with Crippen molar-refractivity contribution in [3.05, 3.63) is 87.7 Å². The maximum atomic E-state index is 12.4. The van der Waals surface area contributed by atoms with Crippen molar-refractivity contribution in [1.29, 1.82) is 0 Å². The highest BCUT2D eigenvalue weighted by Gasteiger charge is 2.11. The quantitative estimate of drug-likeness (QED) is 0.503. The molecule has 27 heavy (non-hydrogen) atoms. The molecular weight excluding hydrogens is 356 g/mol. The van der Waals surface area contributed by atoms with E-state index in [0.717, 1.165) is 22.1 Å². The molecule has 0 bridgehead atoms. The first kappa shape index (κ1) is 17.5. The molecule has 0 amide bonds. The van der Waals surface area contributed by atoms with Crippen molar-refractivity contribution in [3.8, 4) is 5.69 Å². The Balaban J connectivity index is 1.65. The third kappa shape index (κ3) is 3.28. The van der Waals surface area contributed by atoms with Crippen LogP contribution in [0.1, 0.15) is 22.4 Å². The fourth-order valence-corrected chi connectivity index (χ4v) is 3.96. The summed E-state index contributed by atoms with van der Waals surface area (Å²) in [5.74, 6) is 0.585. The Morgan fingerprint density at radius 3 is 2.70 bits per heavy atom. The minimum atomic E-state index is -0.0582. The van der Waals surface area contributed by atoms with E-state index in [1.165, 1.54) is 11.1 Å². The van der Waals surface area contributed by atoms with E-state index in [1.54, 1.807) is 34.6 Å². The van der Waals surface area contributed by atoms with Crippen molar-refractivity contribution in [3.63, 3.8) is 0 Å². The van der Waals surface area contributed by atoms with E-state index in [0.29, 0.717) is 11.4 Å². The monoisotopic (exact) mass is 376 g/mol. The van der Waals surface area contributed by atoms with Gasteiger partial charge in [-0.3, -0.25) is 13.8 Å². The fourth-order valence-electron chi connectivity index (χ4n) is 3.10. The number of thioether (sulfide) groups is 1.